The number of carbonyl (C=O) groups is 1. The van der Waals surface area contributed by atoms with Crippen LogP contribution >= 0.6 is 35.6 Å². The molecule has 0 unspecified atom stereocenters. The number of thioether (sulfide) groups is 1. The minimum Gasteiger partial charge on any atom is -0.385 e. The van der Waals surface area contributed by atoms with E-state index in [9.17, 15) is 9.59 Å². The summed E-state index contributed by atoms with van der Waals surface area (Å²) < 4.78 is 7.10. The van der Waals surface area contributed by atoms with E-state index in [0.29, 0.717) is 63.9 Å². The van der Waals surface area contributed by atoms with Crippen LogP contribution in [0.1, 0.15) is 12.0 Å². The third-order valence-corrected chi connectivity index (χ3v) is 7.99. The highest BCUT2D eigenvalue weighted by molar-refractivity contribution is 8.26. The Morgan fingerprint density at radius 1 is 1.11 bits per heavy atom. The summed E-state index contributed by atoms with van der Waals surface area (Å²) in [6.45, 7) is 3.84. The van der Waals surface area contributed by atoms with E-state index in [4.69, 9.17) is 33.5 Å². The lowest BCUT2D eigenvalue weighted by Gasteiger charge is -2.37. The molecule has 1 aromatic carbocycles. The number of pyridine rings is 1. The fourth-order valence-corrected chi connectivity index (χ4v) is 5.97. The quantitative estimate of drug-likeness (QED) is 0.247. The minimum atomic E-state index is -0.220. The van der Waals surface area contributed by atoms with Crippen LogP contribution in [0.5, 0.6) is 0 Å². The van der Waals surface area contributed by atoms with Gasteiger partial charge in [0.1, 0.15) is 15.8 Å². The average Bonchev–Trinajstić information content (AvgIpc) is 3.18. The minimum absolute atomic E-state index is 0.194. The summed E-state index contributed by atoms with van der Waals surface area (Å²) >= 11 is 12.9. The molecule has 8 nitrogen and oxygen atoms in total. The van der Waals surface area contributed by atoms with Gasteiger partial charge in [0.2, 0.25) is 0 Å². The molecule has 11 heteroatoms. The van der Waals surface area contributed by atoms with E-state index in [1.54, 1.807) is 30.3 Å². The van der Waals surface area contributed by atoms with Crippen molar-refractivity contribution in [2.45, 2.75) is 6.42 Å². The zero-order valence-electron chi connectivity index (χ0n) is 20.3. The molecule has 0 atom stereocenters. The number of halogens is 1. The Bertz CT molecular complexity index is 1440. The maximum absolute atomic E-state index is 13.6. The van der Waals surface area contributed by atoms with Gasteiger partial charge < -0.3 is 14.5 Å². The van der Waals surface area contributed by atoms with Crippen molar-refractivity contribution in [3.8, 4) is 0 Å². The molecule has 192 valence electrons. The normalized spacial score (nSPS) is 17.5. The number of rotatable bonds is 7. The van der Waals surface area contributed by atoms with Gasteiger partial charge in [-0.05, 0) is 42.8 Å². The molecule has 0 aliphatic carbocycles. The fourth-order valence-electron chi connectivity index (χ4n) is 4.50. The van der Waals surface area contributed by atoms with Gasteiger partial charge in [0, 0.05) is 63.3 Å². The van der Waals surface area contributed by atoms with E-state index in [1.165, 1.54) is 16.2 Å². The SMILES string of the molecule is COCCCN1C(=O)/C(=C/c2c(N3CCN(c4cccc(Cl)c4)CC3)nc3ccccn3c2=O)SC1=S. The Hall–Kier alpha value is -2.92. The van der Waals surface area contributed by atoms with Crippen LogP contribution in [0.2, 0.25) is 5.02 Å². The summed E-state index contributed by atoms with van der Waals surface area (Å²) in [4.78, 5) is 38.0. The number of methoxy groups -OCH3 is 1. The first kappa shape index (κ1) is 25.7. The lowest BCUT2D eigenvalue weighted by atomic mass is 10.2. The molecule has 0 radical (unpaired) electrons. The van der Waals surface area contributed by atoms with Gasteiger partial charge in [-0.15, -0.1) is 0 Å². The lowest BCUT2D eigenvalue weighted by Crippen LogP contribution is -2.47. The molecule has 2 fully saturated rings. The van der Waals surface area contributed by atoms with Gasteiger partial charge >= 0.3 is 0 Å². The summed E-state index contributed by atoms with van der Waals surface area (Å²) in [5.41, 5.74) is 1.79. The summed E-state index contributed by atoms with van der Waals surface area (Å²) in [5, 5.41) is 0.700. The topological polar surface area (TPSA) is 70.4 Å². The summed E-state index contributed by atoms with van der Waals surface area (Å²) in [6, 6.07) is 13.3. The number of amides is 1. The molecule has 2 saturated heterocycles. The van der Waals surface area contributed by atoms with E-state index in [0.717, 1.165) is 18.8 Å². The standard InChI is InChI=1S/C26H26ClN5O3S2/c1-35-15-5-10-32-25(34)21(37-26(32)36)17-20-23(28-22-8-2-3-9-31(22)24(20)33)30-13-11-29(12-14-30)19-7-4-6-18(27)16-19/h2-4,6-9,16-17H,5,10-15H2,1H3/b21-17-. The molecule has 0 spiro atoms. The van der Waals surface area contributed by atoms with Crippen molar-refractivity contribution in [3.05, 3.63) is 74.5 Å². The number of ether oxygens (including phenoxy) is 1. The van der Waals surface area contributed by atoms with E-state index < -0.39 is 0 Å². The third kappa shape index (κ3) is 5.38. The number of thiocarbonyl (C=S) groups is 1. The highest BCUT2D eigenvalue weighted by Crippen LogP contribution is 2.34. The predicted octanol–water partition coefficient (Wildman–Crippen LogP) is 3.91. The molecule has 2 aromatic heterocycles. The number of piperazine rings is 1. The highest BCUT2D eigenvalue weighted by atomic mass is 35.5. The summed E-state index contributed by atoms with van der Waals surface area (Å²) in [5.74, 6) is 0.381. The van der Waals surface area contributed by atoms with Crippen LogP contribution in [-0.4, -0.2) is 71.0 Å². The average molecular weight is 556 g/mol. The summed E-state index contributed by atoms with van der Waals surface area (Å²) in [6.07, 6.45) is 4.03. The number of benzene rings is 1. The van der Waals surface area contributed by atoms with Crippen molar-refractivity contribution >= 4 is 69.0 Å². The maximum atomic E-state index is 13.6. The smallest absolute Gasteiger partial charge is 0.267 e. The highest BCUT2D eigenvalue weighted by Gasteiger charge is 2.33. The summed E-state index contributed by atoms with van der Waals surface area (Å²) in [7, 11) is 1.63. The molecule has 0 bridgehead atoms. The second kappa shape index (κ2) is 11.2. The molecule has 4 heterocycles. The number of hydrogen-bond donors (Lipinski definition) is 0. The molecule has 0 N–H and O–H groups in total. The fraction of sp³-hybridized carbons (Fsp3) is 0.308. The van der Waals surface area contributed by atoms with Gasteiger partial charge in [-0.3, -0.25) is 18.9 Å². The van der Waals surface area contributed by atoms with E-state index in [1.807, 2.05) is 36.4 Å². The third-order valence-electron chi connectivity index (χ3n) is 6.38. The van der Waals surface area contributed by atoms with E-state index >= 15 is 0 Å². The van der Waals surface area contributed by atoms with Crippen LogP contribution < -0.4 is 15.4 Å². The van der Waals surface area contributed by atoms with Crippen LogP contribution in [0.4, 0.5) is 11.5 Å². The van der Waals surface area contributed by atoms with E-state index in [-0.39, 0.29) is 11.5 Å². The molecule has 3 aromatic rings. The van der Waals surface area contributed by atoms with Gasteiger partial charge in [0.15, 0.2) is 0 Å². The Labute approximate surface area is 229 Å². The zero-order valence-corrected chi connectivity index (χ0v) is 22.7. The number of nitrogens with zero attached hydrogens (tertiary/aromatic N) is 5. The Kier molecular flexibility index (Phi) is 7.80. The van der Waals surface area contributed by atoms with Crippen molar-refractivity contribution in [1.29, 1.82) is 0 Å². The molecule has 37 heavy (non-hydrogen) atoms. The molecule has 2 aliphatic rings. The van der Waals surface area contributed by atoms with Gasteiger partial charge in [0.05, 0.1) is 10.5 Å². The second-order valence-corrected chi connectivity index (χ2v) is 10.8. The van der Waals surface area contributed by atoms with Crippen LogP contribution in [0, 0.1) is 0 Å². The first-order chi connectivity index (χ1) is 18.0. The monoisotopic (exact) mass is 555 g/mol. The second-order valence-electron chi connectivity index (χ2n) is 8.72. The van der Waals surface area contributed by atoms with Gasteiger partial charge in [-0.1, -0.05) is 47.7 Å². The van der Waals surface area contributed by atoms with Crippen molar-refractivity contribution in [1.82, 2.24) is 14.3 Å². The number of anilines is 2. The zero-order chi connectivity index (χ0) is 25.9. The van der Waals surface area contributed by atoms with Crippen LogP contribution in [0.3, 0.4) is 0 Å². The first-order valence-electron chi connectivity index (χ1n) is 12.0. The van der Waals surface area contributed by atoms with Crippen LogP contribution in [0.25, 0.3) is 11.7 Å². The number of aromatic nitrogens is 2. The predicted molar refractivity (Wildman–Crippen MR) is 154 cm³/mol. The Morgan fingerprint density at radius 3 is 2.65 bits per heavy atom. The Morgan fingerprint density at radius 2 is 1.89 bits per heavy atom. The molecular formula is C26H26ClN5O3S2. The van der Waals surface area contributed by atoms with Gasteiger partial charge in [-0.25, -0.2) is 4.98 Å². The van der Waals surface area contributed by atoms with Crippen molar-refractivity contribution in [3.63, 3.8) is 0 Å². The van der Waals surface area contributed by atoms with Gasteiger partial charge in [0.25, 0.3) is 11.5 Å². The molecule has 2 aliphatic heterocycles. The molecule has 0 saturated carbocycles. The van der Waals surface area contributed by atoms with Crippen LogP contribution in [-0.2, 0) is 9.53 Å². The number of carbonyl (C=O) groups excluding carboxylic acids is 1. The van der Waals surface area contributed by atoms with Crippen molar-refractivity contribution in [2.75, 3.05) is 56.2 Å². The maximum Gasteiger partial charge on any atom is 0.267 e. The molecular weight excluding hydrogens is 530 g/mol. The number of fused-ring (bicyclic) bond motifs is 1. The van der Waals surface area contributed by atoms with Gasteiger partial charge in [-0.2, -0.15) is 0 Å². The van der Waals surface area contributed by atoms with Crippen LogP contribution in [0.15, 0.2) is 58.4 Å². The first-order valence-corrected chi connectivity index (χ1v) is 13.6. The van der Waals surface area contributed by atoms with Crippen molar-refractivity contribution < 1.29 is 9.53 Å². The molecule has 1 amide bonds. The van der Waals surface area contributed by atoms with Crippen molar-refractivity contribution in [2.24, 2.45) is 0 Å². The lowest BCUT2D eigenvalue weighted by molar-refractivity contribution is -0.122. The number of hydrogen-bond acceptors (Lipinski definition) is 8. The Balaban J connectivity index is 1.47. The molecule has 5 rings (SSSR count). The van der Waals surface area contributed by atoms with E-state index in [2.05, 4.69) is 9.80 Å². The largest absolute Gasteiger partial charge is 0.385 e.